The van der Waals surface area contributed by atoms with Crippen LogP contribution in [0.5, 0.6) is 0 Å². The standard InChI is InChI=1S/C16H16N2O4S2/c1-12-5-7-13(8-6-12)16-17(9-10-23-16)24(21,22)15-4-2-3-14(11-15)18(19)20/h2-8,11,16H,9-10H2,1H3/t16-/m1/s1. The van der Waals surface area contributed by atoms with E-state index in [0.717, 1.165) is 17.2 Å². The van der Waals surface area contributed by atoms with E-state index in [9.17, 15) is 18.5 Å². The maximum atomic E-state index is 12.9. The number of rotatable bonds is 4. The van der Waals surface area contributed by atoms with Crippen molar-refractivity contribution >= 4 is 27.5 Å². The molecule has 126 valence electrons. The fourth-order valence-corrected chi connectivity index (χ4v) is 5.87. The molecule has 0 unspecified atom stereocenters. The summed E-state index contributed by atoms with van der Waals surface area (Å²) in [6.07, 6.45) is 0. The van der Waals surface area contributed by atoms with Gasteiger partial charge in [-0.15, -0.1) is 11.8 Å². The minimum absolute atomic E-state index is 0.0451. The second kappa shape index (κ2) is 6.54. The molecular weight excluding hydrogens is 348 g/mol. The van der Waals surface area contributed by atoms with Gasteiger partial charge in [0.15, 0.2) is 0 Å². The molecule has 0 aliphatic carbocycles. The molecule has 0 saturated carbocycles. The highest BCUT2D eigenvalue weighted by Crippen LogP contribution is 2.41. The summed E-state index contributed by atoms with van der Waals surface area (Å²) in [7, 11) is -3.79. The van der Waals surface area contributed by atoms with Crippen LogP contribution in [0.2, 0.25) is 0 Å². The predicted octanol–water partition coefficient (Wildman–Crippen LogP) is 3.34. The molecule has 1 aliphatic heterocycles. The monoisotopic (exact) mass is 364 g/mol. The highest BCUT2D eigenvalue weighted by Gasteiger charge is 2.37. The number of nitrogens with zero attached hydrogens (tertiary/aromatic N) is 2. The number of nitro benzene ring substituents is 1. The van der Waals surface area contributed by atoms with Gasteiger partial charge in [0.2, 0.25) is 10.0 Å². The number of hydrogen-bond acceptors (Lipinski definition) is 5. The van der Waals surface area contributed by atoms with Crippen molar-refractivity contribution in [1.29, 1.82) is 0 Å². The third-order valence-electron chi connectivity index (χ3n) is 3.85. The molecular formula is C16H16N2O4S2. The van der Waals surface area contributed by atoms with Gasteiger partial charge in [-0.2, -0.15) is 4.31 Å². The molecule has 2 aromatic carbocycles. The maximum Gasteiger partial charge on any atom is 0.270 e. The number of non-ortho nitro benzene ring substituents is 1. The van der Waals surface area contributed by atoms with Crippen LogP contribution in [0.15, 0.2) is 53.4 Å². The molecule has 0 aromatic heterocycles. The van der Waals surface area contributed by atoms with Crippen molar-refractivity contribution in [3.05, 3.63) is 69.8 Å². The summed E-state index contributed by atoms with van der Waals surface area (Å²) in [5, 5.41) is 10.6. The van der Waals surface area contributed by atoms with Gasteiger partial charge in [-0.3, -0.25) is 10.1 Å². The van der Waals surface area contributed by atoms with E-state index in [2.05, 4.69) is 0 Å². The molecule has 8 heteroatoms. The van der Waals surface area contributed by atoms with E-state index in [1.807, 2.05) is 31.2 Å². The molecule has 1 saturated heterocycles. The molecule has 24 heavy (non-hydrogen) atoms. The topological polar surface area (TPSA) is 80.5 Å². The Bertz CT molecular complexity index is 866. The van der Waals surface area contributed by atoms with Gasteiger partial charge in [-0.1, -0.05) is 35.9 Å². The van der Waals surface area contributed by atoms with Gasteiger partial charge in [-0.25, -0.2) is 8.42 Å². The van der Waals surface area contributed by atoms with E-state index in [1.165, 1.54) is 22.5 Å². The van der Waals surface area contributed by atoms with Crippen LogP contribution in [0.3, 0.4) is 0 Å². The molecule has 1 atom stereocenters. The Morgan fingerprint density at radius 2 is 1.92 bits per heavy atom. The number of thioether (sulfide) groups is 1. The normalized spacial score (nSPS) is 18.6. The lowest BCUT2D eigenvalue weighted by Gasteiger charge is -2.23. The van der Waals surface area contributed by atoms with Crippen LogP contribution in [-0.4, -0.2) is 29.9 Å². The van der Waals surface area contributed by atoms with Crippen LogP contribution < -0.4 is 0 Å². The number of sulfonamides is 1. The first-order valence-corrected chi connectivity index (χ1v) is 9.83. The second-order valence-electron chi connectivity index (χ2n) is 5.50. The average Bonchev–Trinajstić information content (AvgIpc) is 3.06. The lowest BCUT2D eigenvalue weighted by Crippen LogP contribution is -2.30. The summed E-state index contributed by atoms with van der Waals surface area (Å²) in [6, 6.07) is 13.0. The highest BCUT2D eigenvalue weighted by atomic mass is 32.2. The summed E-state index contributed by atoms with van der Waals surface area (Å²) < 4.78 is 27.3. The zero-order chi connectivity index (χ0) is 17.3. The Morgan fingerprint density at radius 1 is 1.21 bits per heavy atom. The number of nitro groups is 1. The number of benzene rings is 2. The zero-order valence-electron chi connectivity index (χ0n) is 13.0. The van der Waals surface area contributed by atoms with E-state index >= 15 is 0 Å². The molecule has 0 N–H and O–H groups in total. The first-order chi connectivity index (χ1) is 11.4. The van der Waals surface area contributed by atoms with Gasteiger partial charge < -0.3 is 0 Å². The average molecular weight is 364 g/mol. The van der Waals surface area contributed by atoms with E-state index in [1.54, 1.807) is 11.8 Å². The third-order valence-corrected chi connectivity index (χ3v) is 7.10. The molecule has 0 spiro atoms. The van der Waals surface area contributed by atoms with Gasteiger partial charge in [0.25, 0.3) is 5.69 Å². The lowest BCUT2D eigenvalue weighted by atomic mass is 10.1. The van der Waals surface area contributed by atoms with Crippen molar-refractivity contribution in [2.75, 3.05) is 12.3 Å². The molecule has 0 radical (unpaired) electrons. The van der Waals surface area contributed by atoms with Gasteiger partial charge in [-0.05, 0) is 18.6 Å². The van der Waals surface area contributed by atoms with Crippen LogP contribution in [0.1, 0.15) is 16.5 Å². The predicted molar refractivity (Wildman–Crippen MR) is 93.4 cm³/mol. The summed E-state index contributed by atoms with van der Waals surface area (Å²) in [5.74, 6) is 0.687. The van der Waals surface area contributed by atoms with E-state index in [4.69, 9.17) is 0 Å². The molecule has 1 heterocycles. The fraction of sp³-hybridized carbons (Fsp3) is 0.250. The lowest BCUT2D eigenvalue weighted by molar-refractivity contribution is -0.385. The van der Waals surface area contributed by atoms with Gasteiger partial charge in [0.05, 0.1) is 15.2 Å². The van der Waals surface area contributed by atoms with E-state index in [-0.39, 0.29) is 16.0 Å². The minimum atomic E-state index is -3.79. The molecule has 1 aliphatic rings. The maximum absolute atomic E-state index is 12.9. The highest BCUT2D eigenvalue weighted by molar-refractivity contribution is 8.01. The first kappa shape index (κ1) is 16.9. The van der Waals surface area contributed by atoms with Crippen LogP contribution in [0, 0.1) is 17.0 Å². The number of aryl methyl sites for hydroxylation is 1. The van der Waals surface area contributed by atoms with Crippen molar-refractivity contribution < 1.29 is 13.3 Å². The smallest absolute Gasteiger partial charge is 0.258 e. The quantitative estimate of drug-likeness (QED) is 0.614. The SMILES string of the molecule is Cc1ccc([C@H]2SCCN2S(=O)(=O)c2cccc([N+](=O)[O-])c2)cc1. The molecule has 0 bridgehead atoms. The molecule has 2 aromatic rings. The third kappa shape index (κ3) is 3.17. The van der Waals surface area contributed by atoms with Crippen LogP contribution in [0.4, 0.5) is 5.69 Å². The largest absolute Gasteiger partial charge is 0.270 e. The van der Waals surface area contributed by atoms with Crippen LogP contribution in [-0.2, 0) is 10.0 Å². The Labute approximate surface area is 144 Å². The molecule has 0 amide bonds. The minimum Gasteiger partial charge on any atom is -0.258 e. The van der Waals surface area contributed by atoms with Gasteiger partial charge >= 0.3 is 0 Å². The molecule has 3 rings (SSSR count). The van der Waals surface area contributed by atoms with Crippen molar-refractivity contribution in [2.24, 2.45) is 0 Å². The second-order valence-corrected chi connectivity index (χ2v) is 8.58. The van der Waals surface area contributed by atoms with E-state index < -0.39 is 14.9 Å². The Balaban J connectivity index is 1.97. The van der Waals surface area contributed by atoms with Crippen molar-refractivity contribution in [1.82, 2.24) is 4.31 Å². The van der Waals surface area contributed by atoms with Crippen molar-refractivity contribution in [3.8, 4) is 0 Å². The van der Waals surface area contributed by atoms with Crippen molar-refractivity contribution in [2.45, 2.75) is 17.2 Å². The van der Waals surface area contributed by atoms with Crippen LogP contribution in [0.25, 0.3) is 0 Å². The Morgan fingerprint density at radius 3 is 2.58 bits per heavy atom. The molecule has 1 fully saturated rings. The van der Waals surface area contributed by atoms with E-state index in [0.29, 0.717) is 12.3 Å². The Hall–Kier alpha value is -1.90. The van der Waals surface area contributed by atoms with Gasteiger partial charge in [0, 0.05) is 24.4 Å². The molecule has 6 nitrogen and oxygen atoms in total. The van der Waals surface area contributed by atoms with Gasteiger partial charge in [0.1, 0.15) is 0 Å². The fourth-order valence-electron chi connectivity index (χ4n) is 2.59. The van der Waals surface area contributed by atoms with Crippen molar-refractivity contribution in [3.63, 3.8) is 0 Å². The first-order valence-electron chi connectivity index (χ1n) is 7.34. The summed E-state index contributed by atoms with van der Waals surface area (Å²) >= 11 is 1.55. The summed E-state index contributed by atoms with van der Waals surface area (Å²) in [4.78, 5) is 10.3. The van der Waals surface area contributed by atoms with Crippen LogP contribution >= 0.6 is 11.8 Å². The summed E-state index contributed by atoms with van der Waals surface area (Å²) in [5.41, 5.74) is 1.79. The number of hydrogen-bond donors (Lipinski definition) is 0. The zero-order valence-corrected chi connectivity index (χ0v) is 14.6. The Kier molecular flexibility index (Phi) is 4.62. The summed E-state index contributed by atoms with van der Waals surface area (Å²) in [6.45, 7) is 2.36.